The monoisotopic (exact) mass is 418 g/mol. The Balaban J connectivity index is 1.53. The largest absolute Gasteiger partial charge is 0.454 e. The molecular formula is C23H19FN4OS. The third-order valence-electron chi connectivity index (χ3n) is 4.88. The molecule has 5 nitrogen and oxygen atoms in total. The van der Waals surface area contributed by atoms with Gasteiger partial charge in [-0.1, -0.05) is 18.2 Å². The summed E-state index contributed by atoms with van der Waals surface area (Å²) in [6, 6.07) is 16.3. The molecule has 0 aliphatic heterocycles. The van der Waals surface area contributed by atoms with Crippen molar-refractivity contribution < 1.29 is 8.81 Å². The lowest BCUT2D eigenvalue weighted by molar-refractivity contribution is 0.549. The second-order valence-electron chi connectivity index (χ2n) is 6.95. The van der Waals surface area contributed by atoms with Crippen molar-refractivity contribution in [2.45, 2.75) is 19.5 Å². The molecule has 5 aromatic rings. The highest BCUT2D eigenvalue weighted by Crippen LogP contribution is 2.28. The van der Waals surface area contributed by atoms with Gasteiger partial charge in [0.2, 0.25) is 0 Å². The molecule has 0 saturated heterocycles. The van der Waals surface area contributed by atoms with Gasteiger partial charge in [0.25, 0.3) is 0 Å². The van der Waals surface area contributed by atoms with Gasteiger partial charge in [0, 0.05) is 36.2 Å². The van der Waals surface area contributed by atoms with Gasteiger partial charge in [0.15, 0.2) is 10.6 Å². The Labute approximate surface area is 176 Å². The highest BCUT2D eigenvalue weighted by Gasteiger charge is 2.13. The van der Waals surface area contributed by atoms with Crippen LogP contribution in [-0.4, -0.2) is 14.1 Å². The second-order valence-corrected chi connectivity index (χ2v) is 7.78. The maximum Gasteiger partial charge on any atom is 0.190 e. The fourth-order valence-electron chi connectivity index (χ4n) is 3.40. The van der Waals surface area contributed by atoms with E-state index in [0.29, 0.717) is 0 Å². The highest BCUT2D eigenvalue weighted by molar-refractivity contribution is 7.07. The number of aromatic nitrogens is 3. The summed E-state index contributed by atoms with van der Waals surface area (Å²) in [4.78, 5) is 9.70. The molecule has 0 N–H and O–H groups in total. The molecule has 0 aliphatic carbocycles. The summed E-state index contributed by atoms with van der Waals surface area (Å²) in [7, 11) is 0. The van der Waals surface area contributed by atoms with E-state index in [-0.39, 0.29) is 5.82 Å². The Bertz CT molecular complexity index is 1300. The molecule has 3 aromatic heterocycles. The Morgan fingerprint density at radius 3 is 2.73 bits per heavy atom. The Morgan fingerprint density at radius 1 is 1.07 bits per heavy atom. The maximum absolute atomic E-state index is 13.3. The molecule has 0 unspecified atom stereocenters. The zero-order valence-electron chi connectivity index (χ0n) is 16.1. The number of rotatable bonds is 6. The number of hydrogen-bond acceptors (Lipinski definition) is 4. The summed E-state index contributed by atoms with van der Waals surface area (Å²) >= 11 is 1.55. The summed E-state index contributed by atoms with van der Waals surface area (Å²) in [6.45, 7) is 1.63. The first-order valence-electron chi connectivity index (χ1n) is 9.69. The minimum absolute atomic E-state index is 0.267. The number of imidazole rings is 1. The predicted molar refractivity (Wildman–Crippen MR) is 116 cm³/mol. The predicted octanol–water partition coefficient (Wildman–Crippen LogP) is 5.62. The van der Waals surface area contributed by atoms with E-state index in [1.807, 2.05) is 36.8 Å². The Morgan fingerprint density at radius 2 is 1.93 bits per heavy atom. The Hall–Kier alpha value is -3.45. The number of halogens is 1. The summed E-state index contributed by atoms with van der Waals surface area (Å²) < 4.78 is 23.6. The van der Waals surface area contributed by atoms with Crippen LogP contribution in [0.5, 0.6) is 0 Å². The number of para-hydroxylation sites is 1. The number of aryl methyl sites for hydroxylation is 1. The highest BCUT2D eigenvalue weighted by atomic mass is 32.1. The van der Waals surface area contributed by atoms with Gasteiger partial charge in [-0.2, -0.15) is 0 Å². The van der Waals surface area contributed by atoms with Gasteiger partial charge in [-0.3, -0.25) is 0 Å². The molecule has 0 fully saturated rings. The Kier molecular flexibility index (Phi) is 5.03. The molecule has 0 spiro atoms. The van der Waals surface area contributed by atoms with Crippen LogP contribution in [0.4, 0.5) is 10.1 Å². The standard InChI is InChI=1S/C23H19FN4OS/c24-18-6-8-19(9-7-18)26-23-28(12-3-11-27-13-10-25-16-27)20(15-30-23)22-14-17-4-1-2-5-21(17)29-22/h1-2,4-10,13-16H,3,11-12H2. The van der Waals surface area contributed by atoms with Crippen LogP contribution >= 0.6 is 11.3 Å². The number of thiazole rings is 1. The van der Waals surface area contributed by atoms with Crippen molar-refractivity contribution in [3.8, 4) is 11.5 Å². The quantitative estimate of drug-likeness (QED) is 0.359. The number of fused-ring (bicyclic) bond motifs is 1. The molecule has 150 valence electrons. The van der Waals surface area contributed by atoms with Crippen LogP contribution in [0.25, 0.3) is 22.4 Å². The van der Waals surface area contributed by atoms with Crippen LogP contribution in [0, 0.1) is 5.82 Å². The van der Waals surface area contributed by atoms with Gasteiger partial charge in [-0.05, 0) is 42.8 Å². The molecule has 0 bridgehead atoms. The van der Waals surface area contributed by atoms with E-state index in [1.54, 1.807) is 29.7 Å². The molecular weight excluding hydrogens is 399 g/mol. The summed E-state index contributed by atoms with van der Waals surface area (Å²) in [5.74, 6) is 0.548. The van der Waals surface area contributed by atoms with E-state index in [0.717, 1.165) is 52.4 Å². The molecule has 0 aliphatic rings. The van der Waals surface area contributed by atoms with Crippen LogP contribution in [0.1, 0.15) is 6.42 Å². The molecule has 30 heavy (non-hydrogen) atoms. The molecule has 3 heterocycles. The van der Waals surface area contributed by atoms with E-state index in [9.17, 15) is 4.39 Å². The van der Waals surface area contributed by atoms with Crippen molar-refractivity contribution >= 4 is 28.0 Å². The normalized spacial score (nSPS) is 12.1. The maximum atomic E-state index is 13.3. The van der Waals surface area contributed by atoms with Crippen LogP contribution in [0.3, 0.4) is 0 Å². The molecule has 5 rings (SSSR count). The van der Waals surface area contributed by atoms with Gasteiger partial charge in [0.05, 0.1) is 17.7 Å². The first-order valence-corrected chi connectivity index (χ1v) is 10.6. The first kappa shape index (κ1) is 18.6. The topological polar surface area (TPSA) is 48.2 Å². The minimum Gasteiger partial charge on any atom is -0.454 e. The lowest BCUT2D eigenvalue weighted by Gasteiger charge is -2.08. The van der Waals surface area contributed by atoms with E-state index in [2.05, 4.69) is 25.6 Å². The van der Waals surface area contributed by atoms with Crippen molar-refractivity contribution in [2.75, 3.05) is 0 Å². The average molecular weight is 418 g/mol. The van der Waals surface area contributed by atoms with Crippen molar-refractivity contribution in [2.24, 2.45) is 4.99 Å². The van der Waals surface area contributed by atoms with Crippen molar-refractivity contribution in [1.29, 1.82) is 0 Å². The summed E-state index contributed by atoms with van der Waals surface area (Å²) in [5, 5.41) is 3.14. The van der Waals surface area contributed by atoms with Crippen LogP contribution in [0.15, 0.2) is 88.1 Å². The van der Waals surface area contributed by atoms with E-state index in [1.165, 1.54) is 12.1 Å². The smallest absolute Gasteiger partial charge is 0.190 e. The first-order chi connectivity index (χ1) is 14.8. The number of nitrogens with zero attached hydrogens (tertiary/aromatic N) is 4. The van der Waals surface area contributed by atoms with E-state index >= 15 is 0 Å². The van der Waals surface area contributed by atoms with Gasteiger partial charge >= 0.3 is 0 Å². The molecule has 7 heteroatoms. The van der Waals surface area contributed by atoms with Crippen LogP contribution < -0.4 is 4.80 Å². The molecule has 2 aromatic carbocycles. The third kappa shape index (κ3) is 3.84. The summed E-state index contributed by atoms with van der Waals surface area (Å²) in [5.41, 5.74) is 2.57. The molecule has 0 radical (unpaired) electrons. The van der Waals surface area contributed by atoms with Gasteiger partial charge in [-0.25, -0.2) is 14.4 Å². The lowest BCUT2D eigenvalue weighted by atomic mass is 10.2. The molecule has 0 saturated carbocycles. The fraction of sp³-hybridized carbons (Fsp3) is 0.130. The van der Waals surface area contributed by atoms with Gasteiger partial charge in [0.1, 0.15) is 11.4 Å². The third-order valence-corrected chi connectivity index (χ3v) is 5.75. The zero-order valence-corrected chi connectivity index (χ0v) is 16.9. The minimum atomic E-state index is -0.267. The van der Waals surface area contributed by atoms with E-state index < -0.39 is 0 Å². The van der Waals surface area contributed by atoms with Crippen molar-refractivity contribution in [3.63, 3.8) is 0 Å². The number of hydrogen-bond donors (Lipinski definition) is 0. The van der Waals surface area contributed by atoms with Crippen LogP contribution in [0.2, 0.25) is 0 Å². The van der Waals surface area contributed by atoms with Gasteiger partial charge in [-0.15, -0.1) is 11.3 Å². The van der Waals surface area contributed by atoms with Crippen molar-refractivity contribution in [3.05, 3.63) is 89.3 Å². The summed E-state index contributed by atoms with van der Waals surface area (Å²) in [6.07, 6.45) is 6.48. The molecule has 0 amide bonds. The van der Waals surface area contributed by atoms with E-state index in [4.69, 9.17) is 9.41 Å². The van der Waals surface area contributed by atoms with Gasteiger partial charge < -0.3 is 13.6 Å². The average Bonchev–Trinajstić information content (AvgIpc) is 3.50. The van der Waals surface area contributed by atoms with Crippen molar-refractivity contribution in [1.82, 2.24) is 14.1 Å². The number of furan rings is 1. The zero-order chi connectivity index (χ0) is 20.3. The number of benzene rings is 2. The van der Waals surface area contributed by atoms with Crippen LogP contribution in [-0.2, 0) is 13.1 Å². The molecule has 0 atom stereocenters. The second kappa shape index (κ2) is 8.12. The SMILES string of the molecule is Fc1ccc(N=c2scc(-c3cc4ccccc4o3)n2CCCn2ccnc2)cc1. The lowest BCUT2D eigenvalue weighted by Crippen LogP contribution is -2.17. The fourth-order valence-corrected chi connectivity index (χ4v) is 4.33.